The molecule has 1 N–H and O–H groups in total. The predicted molar refractivity (Wildman–Crippen MR) is 145 cm³/mol. The van der Waals surface area contributed by atoms with Gasteiger partial charge in [-0.15, -0.1) is 22.7 Å². The highest BCUT2D eigenvalue weighted by atomic mass is 32.2. The molecule has 0 aliphatic carbocycles. The van der Waals surface area contributed by atoms with Gasteiger partial charge in [0.25, 0.3) is 5.91 Å². The Hall–Kier alpha value is -3.37. The zero-order chi connectivity index (χ0) is 24.7. The maximum absolute atomic E-state index is 13.2. The number of rotatable bonds is 5. The first-order chi connectivity index (χ1) is 17.5. The molecule has 0 bridgehead atoms. The number of anilines is 1. The minimum absolute atomic E-state index is 0.185. The Kier molecular flexibility index (Phi) is 5.93. The number of thiophene rings is 1. The lowest BCUT2D eigenvalue weighted by Gasteiger charge is -2.28. The van der Waals surface area contributed by atoms with Crippen LogP contribution in [-0.4, -0.2) is 30.2 Å². The van der Waals surface area contributed by atoms with Gasteiger partial charge in [-0.3, -0.25) is 4.79 Å². The Morgan fingerprint density at radius 3 is 2.47 bits per heavy atom. The van der Waals surface area contributed by atoms with Crippen LogP contribution in [0, 0.1) is 0 Å². The van der Waals surface area contributed by atoms with Crippen LogP contribution < -0.4 is 5.32 Å². The molecule has 2 aromatic heterocycles. The summed E-state index contributed by atoms with van der Waals surface area (Å²) in [7, 11) is -3.66. The van der Waals surface area contributed by atoms with Crippen LogP contribution in [0.15, 0.2) is 89.1 Å². The summed E-state index contributed by atoms with van der Waals surface area (Å²) < 4.78 is 29.1. The molecule has 0 radical (unpaired) electrons. The summed E-state index contributed by atoms with van der Waals surface area (Å²) in [5, 5.41) is 6.44. The van der Waals surface area contributed by atoms with E-state index < -0.39 is 10.0 Å². The van der Waals surface area contributed by atoms with Crippen LogP contribution in [0.25, 0.3) is 20.8 Å². The van der Waals surface area contributed by atoms with E-state index in [4.69, 9.17) is 4.98 Å². The topological polar surface area (TPSA) is 79.4 Å². The number of amides is 1. The van der Waals surface area contributed by atoms with Crippen molar-refractivity contribution in [2.24, 2.45) is 0 Å². The second-order valence-electron chi connectivity index (χ2n) is 8.49. The van der Waals surface area contributed by atoms with Crippen molar-refractivity contribution in [1.82, 2.24) is 9.29 Å². The Morgan fingerprint density at radius 2 is 1.67 bits per heavy atom. The molecule has 0 fully saturated rings. The van der Waals surface area contributed by atoms with Gasteiger partial charge in [0.2, 0.25) is 10.0 Å². The second-order valence-corrected chi connectivity index (χ2v) is 12.4. The van der Waals surface area contributed by atoms with Crippen molar-refractivity contribution in [3.05, 3.63) is 101 Å². The SMILES string of the molecule is O=C(Nc1sccc1-c1nc2ccccc2s1)c1ccc(S(=O)(=O)N2CCc3ccccc3C2)cc1. The molecule has 1 aliphatic rings. The third kappa shape index (κ3) is 4.24. The molecule has 0 atom stereocenters. The number of para-hydroxylation sites is 1. The van der Waals surface area contributed by atoms with E-state index >= 15 is 0 Å². The van der Waals surface area contributed by atoms with Gasteiger partial charge in [0.05, 0.1) is 15.1 Å². The molecule has 1 aliphatic heterocycles. The van der Waals surface area contributed by atoms with Gasteiger partial charge in [-0.25, -0.2) is 13.4 Å². The number of fused-ring (bicyclic) bond motifs is 2. The zero-order valence-electron chi connectivity index (χ0n) is 19.0. The van der Waals surface area contributed by atoms with E-state index in [1.54, 1.807) is 23.5 Å². The highest BCUT2D eigenvalue weighted by Gasteiger charge is 2.28. The zero-order valence-corrected chi connectivity index (χ0v) is 21.5. The number of hydrogen-bond acceptors (Lipinski definition) is 6. The fourth-order valence-electron chi connectivity index (χ4n) is 4.34. The van der Waals surface area contributed by atoms with E-state index in [9.17, 15) is 13.2 Å². The highest BCUT2D eigenvalue weighted by molar-refractivity contribution is 7.89. The highest BCUT2D eigenvalue weighted by Crippen LogP contribution is 2.38. The van der Waals surface area contributed by atoms with E-state index in [1.807, 2.05) is 60.0 Å². The number of aromatic nitrogens is 1. The number of sulfonamides is 1. The van der Waals surface area contributed by atoms with Crippen molar-refractivity contribution in [2.75, 3.05) is 11.9 Å². The summed E-state index contributed by atoms with van der Waals surface area (Å²) in [6, 6.07) is 23.9. The molecule has 3 aromatic carbocycles. The Balaban J connectivity index is 1.19. The van der Waals surface area contributed by atoms with Crippen LogP contribution in [0.4, 0.5) is 5.00 Å². The molecular formula is C27H21N3O3S3. The minimum atomic E-state index is -3.66. The molecule has 6 nitrogen and oxygen atoms in total. The van der Waals surface area contributed by atoms with Crippen molar-refractivity contribution in [3.8, 4) is 10.6 Å². The number of hydrogen-bond donors (Lipinski definition) is 1. The van der Waals surface area contributed by atoms with Crippen LogP contribution in [0.5, 0.6) is 0 Å². The lowest BCUT2D eigenvalue weighted by Crippen LogP contribution is -2.35. The number of nitrogens with zero attached hydrogens (tertiary/aromatic N) is 2. The lowest BCUT2D eigenvalue weighted by molar-refractivity contribution is 0.102. The first-order valence-electron chi connectivity index (χ1n) is 11.4. The maximum atomic E-state index is 13.2. The predicted octanol–water partition coefficient (Wildman–Crippen LogP) is 6.02. The maximum Gasteiger partial charge on any atom is 0.256 e. The van der Waals surface area contributed by atoms with Crippen molar-refractivity contribution in [2.45, 2.75) is 17.9 Å². The van der Waals surface area contributed by atoms with Crippen LogP contribution in [0.1, 0.15) is 21.5 Å². The van der Waals surface area contributed by atoms with Crippen molar-refractivity contribution >= 4 is 53.8 Å². The number of nitrogens with one attached hydrogen (secondary N) is 1. The number of carbonyl (C=O) groups is 1. The molecule has 0 saturated heterocycles. The molecule has 0 unspecified atom stereocenters. The monoisotopic (exact) mass is 531 g/mol. The molecule has 6 rings (SSSR count). The van der Waals surface area contributed by atoms with Gasteiger partial charge in [-0.2, -0.15) is 4.31 Å². The van der Waals surface area contributed by atoms with Crippen molar-refractivity contribution in [3.63, 3.8) is 0 Å². The Morgan fingerprint density at radius 1 is 0.917 bits per heavy atom. The van der Waals surface area contributed by atoms with Crippen LogP contribution in [0.2, 0.25) is 0 Å². The summed E-state index contributed by atoms with van der Waals surface area (Å²) in [5.74, 6) is -0.296. The van der Waals surface area contributed by atoms with Crippen molar-refractivity contribution < 1.29 is 13.2 Å². The Bertz CT molecular complexity index is 1660. The third-order valence-electron chi connectivity index (χ3n) is 6.27. The van der Waals surface area contributed by atoms with Gasteiger partial charge in [-0.05, 0) is 65.4 Å². The first-order valence-corrected chi connectivity index (χ1v) is 14.5. The standard InChI is InChI=1S/C27H21N3O3S3/c31-25(29-26-22(14-16-34-26)27-28-23-7-3-4-8-24(23)35-27)19-9-11-21(12-10-19)36(32,33)30-15-13-18-5-1-2-6-20(18)17-30/h1-12,14,16H,13,15,17H2,(H,29,31). The van der Waals surface area contributed by atoms with Crippen molar-refractivity contribution in [1.29, 1.82) is 0 Å². The van der Waals surface area contributed by atoms with Crippen LogP contribution in [-0.2, 0) is 23.0 Å². The minimum Gasteiger partial charge on any atom is -0.313 e. The molecular weight excluding hydrogens is 511 g/mol. The fraction of sp³-hybridized carbons (Fsp3) is 0.111. The second kappa shape index (κ2) is 9.25. The quantitative estimate of drug-likeness (QED) is 0.301. The van der Waals surface area contributed by atoms with Crippen LogP contribution in [0.3, 0.4) is 0 Å². The lowest BCUT2D eigenvalue weighted by atomic mass is 10.0. The van der Waals surface area contributed by atoms with Gasteiger partial charge in [0, 0.05) is 24.2 Å². The summed E-state index contributed by atoms with van der Waals surface area (Å²) in [6.45, 7) is 0.794. The van der Waals surface area contributed by atoms with Gasteiger partial charge in [0.15, 0.2) is 0 Å². The largest absolute Gasteiger partial charge is 0.313 e. The molecule has 180 valence electrons. The van der Waals surface area contributed by atoms with Gasteiger partial charge in [-0.1, -0.05) is 36.4 Å². The summed E-state index contributed by atoms with van der Waals surface area (Å²) in [6.07, 6.45) is 0.688. The molecule has 0 spiro atoms. The average Bonchev–Trinajstić information content (AvgIpc) is 3.55. The molecule has 3 heterocycles. The number of carbonyl (C=O) groups excluding carboxylic acids is 1. The van der Waals surface area contributed by atoms with E-state index in [-0.39, 0.29) is 10.8 Å². The van der Waals surface area contributed by atoms with E-state index in [1.165, 1.54) is 33.3 Å². The van der Waals surface area contributed by atoms with E-state index in [2.05, 4.69) is 5.32 Å². The number of thiazole rings is 1. The fourth-order valence-corrected chi connectivity index (χ4v) is 7.60. The molecule has 36 heavy (non-hydrogen) atoms. The van der Waals surface area contributed by atoms with Gasteiger partial charge >= 0.3 is 0 Å². The van der Waals surface area contributed by atoms with E-state index in [0.717, 1.165) is 26.4 Å². The molecule has 0 saturated carbocycles. The summed E-state index contributed by atoms with van der Waals surface area (Å²) in [5.41, 5.74) is 4.41. The summed E-state index contributed by atoms with van der Waals surface area (Å²) in [4.78, 5) is 17.9. The van der Waals surface area contributed by atoms with Crippen LogP contribution >= 0.6 is 22.7 Å². The molecule has 1 amide bonds. The third-order valence-corrected chi connectivity index (χ3v) is 10.0. The van der Waals surface area contributed by atoms with Gasteiger partial charge < -0.3 is 5.32 Å². The first kappa shape index (κ1) is 23.1. The molecule has 9 heteroatoms. The summed E-state index contributed by atoms with van der Waals surface area (Å²) >= 11 is 3.01. The smallest absolute Gasteiger partial charge is 0.256 e. The van der Waals surface area contributed by atoms with Gasteiger partial charge in [0.1, 0.15) is 10.0 Å². The van der Waals surface area contributed by atoms with E-state index in [0.29, 0.717) is 30.1 Å². The average molecular weight is 532 g/mol. The Labute approximate surface area is 216 Å². The molecule has 5 aromatic rings. The number of benzene rings is 3. The normalized spacial score (nSPS) is 14.0.